The first-order chi connectivity index (χ1) is 13.7. The first-order valence-corrected chi connectivity index (χ1v) is 8.85. The largest absolute Gasteiger partial charge is 0.509 e. The summed E-state index contributed by atoms with van der Waals surface area (Å²) in [6, 6.07) is 1.79. The number of hydrogen-bond donors (Lipinski definition) is 3. The Labute approximate surface area is 160 Å². The first kappa shape index (κ1) is 16.4. The molecule has 6 heteroatoms. The van der Waals surface area contributed by atoms with E-state index >= 15 is 0 Å². The van der Waals surface area contributed by atoms with Gasteiger partial charge in [0.15, 0.2) is 0 Å². The Hall–Kier alpha value is -3.77. The van der Waals surface area contributed by atoms with E-state index in [9.17, 15) is 10.2 Å². The van der Waals surface area contributed by atoms with Crippen LogP contribution >= 0.6 is 0 Å². The maximum atomic E-state index is 10.1. The van der Waals surface area contributed by atoms with Gasteiger partial charge in [-0.3, -0.25) is 0 Å². The average molecular weight is 368 g/mol. The molecule has 4 aliphatic heterocycles. The van der Waals surface area contributed by atoms with Crippen LogP contribution in [0.25, 0.3) is 17.9 Å². The highest BCUT2D eigenvalue weighted by Crippen LogP contribution is 2.18. The predicted octanol–water partition coefficient (Wildman–Crippen LogP) is 1.61. The van der Waals surface area contributed by atoms with E-state index in [4.69, 9.17) is 0 Å². The zero-order valence-corrected chi connectivity index (χ0v) is 14.8. The van der Waals surface area contributed by atoms with Crippen LogP contribution in [0.4, 0.5) is 0 Å². The second-order valence-electron chi connectivity index (χ2n) is 6.62. The molecule has 0 aromatic carbocycles. The minimum Gasteiger partial charge on any atom is -0.509 e. The Morgan fingerprint density at radius 1 is 0.750 bits per heavy atom. The van der Waals surface area contributed by atoms with E-state index in [2.05, 4.69) is 20.0 Å². The molecule has 0 atom stereocenters. The highest BCUT2D eigenvalue weighted by atomic mass is 16.3. The Bertz CT molecular complexity index is 1290. The summed E-state index contributed by atoms with van der Waals surface area (Å²) in [7, 11) is 0. The number of hydrogen-bond acceptors (Lipinski definition) is 5. The van der Waals surface area contributed by atoms with Crippen molar-refractivity contribution in [1.29, 1.82) is 0 Å². The summed E-state index contributed by atoms with van der Waals surface area (Å²) >= 11 is 0. The molecule has 8 bridgehead atoms. The number of nitrogens with zero attached hydrogens (tertiary/aromatic N) is 3. The smallest absolute Gasteiger partial charge is 0.127 e. The van der Waals surface area contributed by atoms with Crippen molar-refractivity contribution in [3.63, 3.8) is 0 Å². The van der Waals surface area contributed by atoms with E-state index in [1.165, 1.54) is 0 Å². The number of nitrogens with one attached hydrogen (secondary N) is 1. The molecule has 136 valence electrons. The van der Waals surface area contributed by atoms with Gasteiger partial charge in [-0.1, -0.05) is 0 Å². The summed E-state index contributed by atoms with van der Waals surface area (Å²) < 4.78 is 0. The van der Waals surface area contributed by atoms with Gasteiger partial charge in [0.2, 0.25) is 0 Å². The molecule has 0 amide bonds. The number of allylic oxidation sites excluding steroid dienone is 8. The maximum absolute atomic E-state index is 10.1. The summed E-state index contributed by atoms with van der Waals surface area (Å²) in [6.07, 6.45) is 19.1. The number of rotatable bonds is 1. The fourth-order valence-electron chi connectivity index (χ4n) is 3.28. The third kappa shape index (κ3) is 3.06. The van der Waals surface area contributed by atoms with Crippen LogP contribution in [-0.4, -0.2) is 38.9 Å². The zero-order valence-electron chi connectivity index (χ0n) is 14.8. The molecular weight excluding hydrogens is 352 g/mol. The normalized spacial score (nSPS) is 20.2. The Morgan fingerprint density at radius 3 is 1.86 bits per heavy atom. The highest BCUT2D eigenvalue weighted by molar-refractivity contribution is 6.20. The van der Waals surface area contributed by atoms with Crippen LogP contribution in [0, 0.1) is 0 Å². The molecule has 0 radical (unpaired) electrons. The Morgan fingerprint density at radius 2 is 1.29 bits per heavy atom. The summed E-state index contributed by atoms with van der Waals surface area (Å²) in [5.41, 5.74) is 5.58. The first-order valence-electron chi connectivity index (χ1n) is 8.85. The van der Waals surface area contributed by atoms with E-state index in [-0.39, 0.29) is 5.76 Å². The Kier molecular flexibility index (Phi) is 3.77. The van der Waals surface area contributed by atoms with Gasteiger partial charge in [0.05, 0.1) is 39.6 Å². The van der Waals surface area contributed by atoms with Crippen LogP contribution in [0.3, 0.4) is 0 Å². The molecule has 4 aliphatic rings. The van der Waals surface area contributed by atoms with Gasteiger partial charge in [-0.05, 0) is 66.8 Å². The second-order valence-corrected chi connectivity index (χ2v) is 6.62. The molecule has 5 heterocycles. The fourth-order valence-corrected chi connectivity index (χ4v) is 3.28. The van der Waals surface area contributed by atoms with Crippen molar-refractivity contribution >= 4 is 35.0 Å². The number of aliphatic hydroxyl groups is 2. The van der Waals surface area contributed by atoms with Crippen molar-refractivity contribution in [2.24, 2.45) is 15.0 Å². The van der Waals surface area contributed by atoms with Gasteiger partial charge in [-0.2, -0.15) is 0 Å². The molecule has 3 N–H and O–H groups in total. The van der Waals surface area contributed by atoms with Crippen LogP contribution in [0.5, 0.6) is 0 Å². The third-order valence-corrected chi connectivity index (χ3v) is 4.57. The standard InChI is InChI=1S/C22H16N4O2/c27-12-22(28)20-10-19-9-17-4-3-15(24-17)7-13-1-2-14(23-13)8-16-5-6-18(25-16)11-21(20)26-19/h1-11,26-28H,12H2/b13-7?,16-8?,17-9?,21-11?,22-20-. The summed E-state index contributed by atoms with van der Waals surface area (Å²) in [5, 5.41) is 20.7. The van der Waals surface area contributed by atoms with Gasteiger partial charge < -0.3 is 15.2 Å². The molecule has 0 aliphatic carbocycles. The topological polar surface area (TPSA) is 93.3 Å². The van der Waals surface area contributed by atoms with Crippen molar-refractivity contribution in [3.8, 4) is 0 Å². The number of aromatic nitrogens is 1. The number of aromatic amines is 1. The molecule has 0 spiro atoms. The average Bonchev–Trinajstić information content (AvgIpc) is 3.45. The van der Waals surface area contributed by atoms with Crippen molar-refractivity contribution in [2.45, 2.75) is 0 Å². The van der Waals surface area contributed by atoms with Crippen LogP contribution in [-0.2, 0) is 0 Å². The zero-order chi connectivity index (χ0) is 19.1. The minimum atomic E-state index is -0.440. The minimum absolute atomic E-state index is 0.101. The SMILES string of the molecule is OC/C(O)=c1\cc2[nH]c1=CC1=NC(=CC3=NC(=CC4=NC(=C2)C=C4)C=C3)C=C1. The molecule has 1 aromatic rings. The monoisotopic (exact) mass is 368 g/mol. The van der Waals surface area contributed by atoms with E-state index in [1.807, 2.05) is 60.8 Å². The van der Waals surface area contributed by atoms with Crippen molar-refractivity contribution < 1.29 is 10.2 Å². The molecule has 0 fully saturated rings. The summed E-state index contributed by atoms with van der Waals surface area (Å²) in [4.78, 5) is 17.0. The maximum Gasteiger partial charge on any atom is 0.127 e. The van der Waals surface area contributed by atoms with Crippen LogP contribution < -0.4 is 10.6 Å². The molecule has 0 saturated heterocycles. The number of H-pyrrole nitrogens is 1. The van der Waals surface area contributed by atoms with Crippen LogP contribution in [0.2, 0.25) is 0 Å². The molecule has 28 heavy (non-hydrogen) atoms. The number of aliphatic hydroxyl groups excluding tert-OH is 2. The van der Waals surface area contributed by atoms with Gasteiger partial charge in [0.25, 0.3) is 0 Å². The Balaban J connectivity index is 1.75. The highest BCUT2D eigenvalue weighted by Gasteiger charge is 2.10. The lowest BCUT2D eigenvalue weighted by Gasteiger charge is -1.93. The van der Waals surface area contributed by atoms with Gasteiger partial charge >= 0.3 is 0 Å². The van der Waals surface area contributed by atoms with E-state index in [0.717, 1.165) is 39.9 Å². The lowest BCUT2D eigenvalue weighted by atomic mass is 10.2. The van der Waals surface area contributed by atoms with Gasteiger partial charge in [0.1, 0.15) is 12.4 Å². The van der Waals surface area contributed by atoms with Crippen LogP contribution in [0.1, 0.15) is 5.69 Å². The lowest BCUT2D eigenvalue weighted by Crippen LogP contribution is -2.27. The van der Waals surface area contributed by atoms with Gasteiger partial charge in [-0.25, -0.2) is 15.0 Å². The summed E-state index contributed by atoms with van der Waals surface area (Å²) in [6.45, 7) is -0.440. The molecule has 1 aromatic heterocycles. The van der Waals surface area contributed by atoms with E-state index in [1.54, 1.807) is 6.07 Å². The van der Waals surface area contributed by atoms with Crippen molar-refractivity contribution in [2.75, 3.05) is 6.61 Å². The van der Waals surface area contributed by atoms with Gasteiger partial charge in [0, 0.05) is 10.9 Å². The van der Waals surface area contributed by atoms with Crippen LogP contribution in [0.15, 0.2) is 86.7 Å². The van der Waals surface area contributed by atoms with E-state index in [0.29, 0.717) is 10.6 Å². The quantitative estimate of drug-likeness (QED) is 0.703. The van der Waals surface area contributed by atoms with Gasteiger partial charge in [-0.15, -0.1) is 0 Å². The summed E-state index contributed by atoms with van der Waals surface area (Å²) in [5.74, 6) is -0.101. The van der Waals surface area contributed by atoms with E-state index < -0.39 is 6.61 Å². The predicted molar refractivity (Wildman–Crippen MR) is 111 cm³/mol. The number of fused-ring (bicyclic) bond motifs is 5. The fraction of sp³-hybridized carbons (Fsp3) is 0.0455. The third-order valence-electron chi connectivity index (χ3n) is 4.57. The van der Waals surface area contributed by atoms with Crippen molar-refractivity contribution in [3.05, 3.63) is 88.0 Å². The number of aliphatic imine (C=N–C) groups is 3. The van der Waals surface area contributed by atoms with Crippen molar-refractivity contribution in [1.82, 2.24) is 4.98 Å². The second kappa shape index (κ2) is 6.44. The molecular formula is C22H16N4O2. The molecule has 0 unspecified atom stereocenters. The molecule has 6 nitrogen and oxygen atoms in total. The lowest BCUT2D eigenvalue weighted by molar-refractivity contribution is 0.302. The molecule has 5 rings (SSSR count). The molecule has 0 saturated carbocycles.